The Morgan fingerprint density at radius 3 is 1.28 bits per heavy atom. The molecule has 1 amide bonds. The van der Waals surface area contributed by atoms with Crippen molar-refractivity contribution < 1.29 is 52.8 Å². The highest BCUT2D eigenvalue weighted by molar-refractivity contribution is 7.90. The molecular weight excluding hydrogens is 946 g/mol. The van der Waals surface area contributed by atoms with Crippen LogP contribution in [0.3, 0.4) is 0 Å². The minimum atomic E-state index is -4.56. The van der Waals surface area contributed by atoms with Crippen molar-refractivity contribution in [2.75, 3.05) is 10.0 Å². The predicted octanol–water partition coefficient (Wildman–Crippen LogP) is 10.5. The Kier molecular flexibility index (Phi) is 16.6. The molecule has 2 unspecified atom stereocenters. The summed E-state index contributed by atoms with van der Waals surface area (Å²) in [7, 11) is -7.96. The molecule has 360 valence electrons. The molecule has 0 saturated heterocycles. The first kappa shape index (κ1) is 51.1. The van der Waals surface area contributed by atoms with Crippen molar-refractivity contribution in [2.24, 2.45) is 27.2 Å². The van der Waals surface area contributed by atoms with Crippen LogP contribution >= 0.6 is 11.6 Å². The van der Waals surface area contributed by atoms with Crippen molar-refractivity contribution in [1.82, 2.24) is 4.72 Å². The Balaban J connectivity index is 0.000000191. The van der Waals surface area contributed by atoms with Gasteiger partial charge in [-0.1, -0.05) is 99.2 Å². The van der Waals surface area contributed by atoms with Gasteiger partial charge in [0.2, 0.25) is 21.2 Å². The first-order valence-corrected chi connectivity index (χ1v) is 25.0. The number of hydrazone groups is 2. The van der Waals surface area contributed by atoms with Crippen LogP contribution in [0.1, 0.15) is 100 Å². The second kappa shape index (κ2) is 21.8. The molecule has 4 aromatic carbocycles. The normalized spacial score (nSPS) is 19.6. The molecule has 3 N–H and O–H groups in total. The van der Waals surface area contributed by atoms with Crippen LogP contribution in [0, 0.1) is 11.8 Å². The van der Waals surface area contributed by atoms with Crippen LogP contribution < -0.4 is 19.9 Å². The molecular formula is C46H49ClF6N6O6S2. The van der Waals surface area contributed by atoms with Crippen molar-refractivity contribution in [3.63, 3.8) is 0 Å². The Morgan fingerprint density at radius 1 is 0.567 bits per heavy atom. The van der Waals surface area contributed by atoms with Crippen molar-refractivity contribution in [1.29, 1.82) is 0 Å². The second-order valence-electron chi connectivity index (χ2n) is 16.5. The molecule has 4 aromatic rings. The van der Waals surface area contributed by atoms with Crippen LogP contribution in [0.5, 0.6) is 0 Å². The summed E-state index contributed by atoms with van der Waals surface area (Å²) >= 11 is 5.32. The van der Waals surface area contributed by atoms with Gasteiger partial charge in [-0.05, 0) is 96.9 Å². The van der Waals surface area contributed by atoms with Gasteiger partial charge in [0.05, 0.1) is 33.2 Å². The Bertz CT molecular complexity index is 2610. The van der Waals surface area contributed by atoms with Crippen molar-refractivity contribution in [2.45, 2.75) is 111 Å². The zero-order valence-corrected chi connectivity index (χ0v) is 38.4. The summed E-state index contributed by atoms with van der Waals surface area (Å²) in [6, 6.07) is 26.7. The number of nitrogens with two attached hydrogens (primary N) is 1. The second-order valence-corrected chi connectivity index (χ2v) is 20.1. The van der Waals surface area contributed by atoms with Crippen LogP contribution in [0.4, 0.5) is 37.7 Å². The summed E-state index contributed by atoms with van der Waals surface area (Å²) < 4.78 is 130. The largest absolute Gasteiger partial charge is 0.431 e. The van der Waals surface area contributed by atoms with Gasteiger partial charge in [0.1, 0.15) is 11.4 Å². The topological polar surface area (TPSA) is 172 Å². The zero-order chi connectivity index (χ0) is 48.6. The Morgan fingerprint density at radius 2 is 0.940 bits per heavy atom. The van der Waals surface area contributed by atoms with E-state index in [2.05, 4.69) is 14.9 Å². The monoisotopic (exact) mass is 994 g/mol. The first-order chi connectivity index (χ1) is 31.6. The SMILES string of the molecule is NS(=O)(=O)c1ccc(N2N=C(C(F)(F)F)CC2c2ccccc2)cc1.O=C(Cl)C1CCCCC1.O=C(NS(=O)(=O)c1ccc(N2N=C(C(F)(F)F)CC2c2ccccc2)cc1)C1CCCCC1. The molecule has 0 radical (unpaired) electrons. The van der Waals surface area contributed by atoms with Gasteiger partial charge in [-0.15, -0.1) is 0 Å². The number of nitrogens with one attached hydrogen (secondary N) is 1. The maximum absolute atomic E-state index is 13.4. The Labute approximate surface area is 390 Å². The zero-order valence-electron chi connectivity index (χ0n) is 36.0. The van der Waals surface area contributed by atoms with Gasteiger partial charge in [-0.3, -0.25) is 19.6 Å². The van der Waals surface area contributed by atoms with Crippen LogP contribution in [0.25, 0.3) is 0 Å². The number of amides is 1. The van der Waals surface area contributed by atoms with Crippen LogP contribution in [0.2, 0.25) is 0 Å². The van der Waals surface area contributed by atoms with E-state index in [1.54, 1.807) is 60.7 Å². The number of carbonyl (C=O) groups is 2. The molecule has 2 atom stereocenters. The number of nitrogens with zero attached hydrogens (tertiary/aromatic N) is 4. The van der Waals surface area contributed by atoms with Gasteiger partial charge in [0, 0.05) is 24.7 Å². The fourth-order valence-corrected chi connectivity index (χ4v) is 10.0. The van der Waals surface area contributed by atoms with Gasteiger partial charge in [-0.2, -0.15) is 36.5 Å². The summed E-state index contributed by atoms with van der Waals surface area (Å²) in [5, 5.41) is 14.9. The van der Waals surface area contributed by atoms with Crippen LogP contribution in [-0.2, 0) is 29.6 Å². The van der Waals surface area contributed by atoms with Crippen molar-refractivity contribution >= 4 is 65.6 Å². The first-order valence-electron chi connectivity index (χ1n) is 21.6. The quantitative estimate of drug-likeness (QED) is 0.123. The van der Waals surface area contributed by atoms with E-state index >= 15 is 0 Å². The standard InChI is InChI=1S/C23H24F3N3O3S.C16H14F3N3O2S.C7H11ClO/c24-23(25,26)21-15-20(16-7-3-1-4-8-16)29(27-21)18-11-13-19(14-12-18)33(31,32)28-22(30)17-9-5-2-6-10-17;17-16(18,19)15-10-14(11-4-2-1-3-5-11)22(21-15)12-6-8-13(9-7-12)25(20,23)24;8-7(9)6-4-2-1-3-5-6/h1,3-4,7-8,11-14,17,20H,2,5-6,9-10,15H2,(H,28,30);1-9,14H,10H2,(H2,20,23,24);6H,1-5H2. The molecule has 0 aromatic heterocycles. The fraction of sp³-hybridized carbons (Fsp3) is 0.391. The van der Waals surface area contributed by atoms with E-state index in [1.807, 2.05) is 0 Å². The van der Waals surface area contributed by atoms with Gasteiger partial charge in [-0.25, -0.2) is 26.7 Å². The van der Waals surface area contributed by atoms with Crippen molar-refractivity contribution in [3.05, 3.63) is 120 Å². The summed E-state index contributed by atoms with van der Waals surface area (Å²) in [6.07, 6.45) is 0.142. The Hall–Kier alpha value is -5.31. The van der Waals surface area contributed by atoms with Gasteiger partial charge in [0.25, 0.3) is 10.0 Å². The maximum atomic E-state index is 13.4. The summed E-state index contributed by atoms with van der Waals surface area (Å²) in [5.41, 5.74) is 0.240. The molecule has 0 bridgehead atoms. The van der Waals surface area contributed by atoms with E-state index in [0.29, 0.717) is 35.3 Å². The third kappa shape index (κ3) is 13.7. The average Bonchev–Trinajstić information content (AvgIpc) is 3.98. The van der Waals surface area contributed by atoms with Gasteiger partial charge in [0.15, 0.2) is 0 Å². The minimum absolute atomic E-state index is 0.119. The number of anilines is 2. The van der Waals surface area contributed by atoms with E-state index < -0.39 is 61.8 Å². The minimum Gasteiger partial charge on any atom is -0.281 e. The number of carbonyl (C=O) groups excluding carboxylic acids is 2. The molecule has 12 nitrogen and oxygen atoms in total. The molecule has 2 heterocycles. The lowest BCUT2D eigenvalue weighted by atomic mass is 9.89. The van der Waals surface area contributed by atoms with E-state index in [4.69, 9.17) is 16.7 Å². The number of alkyl halides is 6. The number of sulfonamides is 2. The lowest BCUT2D eigenvalue weighted by Crippen LogP contribution is -2.36. The summed E-state index contributed by atoms with van der Waals surface area (Å²) in [4.78, 5) is 22.7. The number of rotatable bonds is 9. The molecule has 2 saturated carbocycles. The number of primary sulfonamides is 1. The molecule has 0 spiro atoms. The molecule has 2 aliphatic carbocycles. The van der Waals surface area contributed by atoms with E-state index in [9.17, 15) is 52.8 Å². The van der Waals surface area contributed by atoms with Crippen LogP contribution in [-0.4, -0.2) is 51.8 Å². The smallest absolute Gasteiger partial charge is 0.281 e. The number of hydrogen-bond acceptors (Lipinski definition) is 10. The number of hydrogen-bond donors (Lipinski definition) is 2. The summed E-state index contributed by atoms with van der Waals surface area (Å²) in [5.74, 6) is -0.651. The third-order valence-corrected chi connectivity index (χ3v) is 14.4. The van der Waals surface area contributed by atoms with Crippen LogP contribution in [0.15, 0.2) is 129 Å². The maximum Gasteiger partial charge on any atom is 0.431 e. The average molecular weight is 996 g/mol. The lowest BCUT2D eigenvalue weighted by Gasteiger charge is -2.24. The van der Waals surface area contributed by atoms with E-state index in [0.717, 1.165) is 32.1 Å². The predicted molar refractivity (Wildman–Crippen MR) is 243 cm³/mol. The molecule has 2 fully saturated rings. The highest BCUT2D eigenvalue weighted by atomic mass is 35.5. The molecule has 67 heavy (non-hydrogen) atoms. The van der Waals surface area contributed by atoms with E-state index in [-0.39, 0.29) is 39.7 Å². The highest BCUT2D eigenvalue weighted by Gasteiger charge is 2.45. The number of benzene rings is 4. The highest BCUT2D eigenvalue weighted by Crippen LogP contribution is 2.41. The van der Waals surface area contributed by atoms with Gasteiger partial charge >= 0.3 is 12.4 Å². The molecule has 2 aliphatic heterocycles. The van der Waals surface area contributed by atoms with Gasteiger partial charge < -0.3 is 0 Å². The molecule has 4 aliphatic rings. The molecule has 8 rings (SSSR count). The van der Waals surface area contributed by atoms with E-state index in [1.165, 1.54) is 77.8 Å². The number of halogens is 7. The summed E-state index contributed by atoms with van der Waals surface area (Å²) in [6.45, 7) is 0. The van der Waals surface area contributed by atoms with Crippen molar-refractivity contribution in [3.8, 4) is 0 Å². The fourth-order valence-electron chi connectivity index (χ4n) is 8.24. The molecule has 21 heteroatoms. The third-order valence-electron chi connectivity index (χ3n) is 11.8. The lowest BCUT2D eigenvalue weighted by molar-refractivity contribution is -0.124.